The van der Waals surface area contributed by atoms with Crippen LogP contribution in [0.15, 0.2) is 30.3 Å². The van der Waals surface area contributed by atoms with E-state index in [2.05, 4.69) is 0 Å². The fraction of sp³-hybridized carbons (Fsp3) is 0.381. The maximum absolute atomic E-state index is 12.5. The average Bonchev–Trinajstić information content (AvgIpc) is 2.75. The third-order valence-electron chi connectivity index (χ3n) is 5.01. The molecule has 2 aromatic rings. The van der Waals surface area contributed by atoms with E-state index in [1.807, 2.05) is 30.3 Å². The molecular formula is C21H25NO6. The van der Waals surface area contributed by atoms with Crippen LogP contribution >= 0.6 is 0 Å². The van der Waals surface area contributed by atoms with Crippen LogP contribution in [0.1, 0.15) is 22.7 Å². The molecule has 1 heterocycles. The Morgan fingerprint density at radius 2 is 1.46 bits per heavy atom. The molecule has 7 nitrogen and oxygen atoms in total. The van der Waals surface area contributed by atoms with Crippen LogP contribution < -0.4 is 18.9 Å². The minimum Gasteiger partial charge on any atom is -0.493 e. The van der Waals surface area contributed by atoms with Gasteiger partial charge in [0, 0.05) is 6.54 Å². The number of methoxy groups -OCH3 is 5. The maximum atomic E-state index is 12.5. The molecule has 150 valence electrons. The molecule has 0 fully saturated rings. The van der Waals surface area contributed by atoms with Gasteiger partial charge < -0.3 is 23.7 Å². The van der Waals surface area contributed by atoms with Gasteiger partial charge >= 0.3 is 6.09 Å². The second-order valence-corrected chi connectivity index (χ2v) is 6.34. The van der Waals surface area contributed by atoms with E-state index >= 15 is 0 Å². The highest BCUT2D eigenvalue weighted by atomic mass is 16.5. The Hall–Kier alpha value is -3.09. The fourth-order valence-corrected chi connectivity index (χ4v) is 3.64. The van der Waals surface area contributed by atoms with Crippen LogP contribution in [-0.4, -0.2) is 53.1 Å². The van der Waals surface area contributed by atoms with Crippen LogP contribution in [0.4, 0.5) is 4.79 Å². The monoisotopic (exact) mass is 387 g/mol. The van der Waals surface area contributed by atoms with Gasteiger partial charge in [-0.2, -0.15) is 0 Å². The van der Waals surface area contributed by atoms with Crippen molar-refractivity contribution in [2.45, 2.75) is 12.5 Å². The zero-order valence-electron chi connectivity index (χ0n) is 16.8. The standard InChI is InChI=1S/C21H25NO6/c1-24-16-7-6-14(11-17(16)25-2)20-15-12-19(27-4)18(26-3)10-13(15)8-9-22(20)21(23)28-5/h6-7,10-12,20H,8-9H2,1-5H3/t20-/m1/s1. The molecule has 0 radical (unpaired) electrons. The topological polar surface area (TPSA) is 66.5 Å². The zero-order chi connectivity index (χ0) is 20.3. The van der Waals surface area contributed by atoms with Crippen LogP contribution in [0.2, 0.25) is 0 Å². The molecule has 0 aliphatic carbocycles. The van der Waals surface area contributed by atoms with Gasteiger partial charge in [-0.25, -0.2) is 4.79 Å². The van der Waals surface area contributed by atoms with Crippen LogP contribution in [-0.2, 0) is 11.2 Å². The van der Waals surface area contributed by atoms with Crippen molar-refractivity contribution in [3.8, 4) is 23.0 Å². The first-order valence-corrected chi connectivity index (χ1v) is 8.89. The number of fused-ring (bicyclic) bond motifs is 1. The van der Waals surface area contributed by atoms with Gasteiger partial charge in [0.15, 0.2) is 23.0 Å². The van der Waals surface area contributed by atoms with E-state index in [1.54, 1.807) is 33.3 Å². The molecule has 2 aromatic carbocycles. The summed E-state index contributed by atoms with van der Waals surface area (Å²) in [5, 5.41) is 0. The van der Waals surface area contributed by atoms with Gasteiger partial charge in [0.2, 0.25) is 0 Å². The largest absolute Gasteiger partial charge is 0.493 e. The fourth-order valence-electron chi connectivity index (χ4n) is 3.64. The predicted molar refractivity (Wildman–Crippen MR) is 104 cm³/mol. The minimum absolute atomic E-state index is 0.351. The van der Waals surface area contributed by atoms with Crippen molar-refractivity contribution in [1.29, 1.82) is 0 Å². The molecule has 0 bridgehead atoms. The van der Waals surface area contributed by atoms with Gasteiger partial charge in [-0.1, -0.05) is 6.07 Å². The smallest absolute Gasteiger partial charge is 0.410 e. The molecule has 0 aromatic heterocycles. The lowest BCUT2D eigenvalue weighted by atomic mass is 9.87. The number of rotatable bonds is 5. The van der Waals surface area contributed by atoms with Crippen molar-refractivity contribution in [1.82, 2.24) is 4.90 Å². The molecule has 0 saturated carbocycles. The summed E-state index contributed by atoms with van der Waals surface area (Å²) in [6, 6.07) is 9.18. The third kappa shape index (κ3) is 3.40. The number of hydrogen-bond acceptors (Lipinski definition) is 6. The lowest BCUT2D eigenvalue weighted by Gasteiger charge is -2.37. The third-order valence-corrected chi connectivity index (χ3v) is 5.01. The average molecular weight is 387 g/mol. The summed E-state index contributed by atoms with van der Waals surface area (Å²) >= 11 is 0. The van der Waals surface area contributed by atoms with Gasteiger partial charge in [-0.3, -0.25) is 4.90 Å². The van der Waals surface area contributed by atoms with E-state index in [1.165, 1.54) is 7.11 Å². The Kier molecular flexibility index (Phi) is 5.82. The van der Waals surface area contributed by atoms with Crippen molar-refractivity contribution in [3.63, 3.8) is 0 Å². The number of hydrogen-bond donors (Lipinski definition) is 0. The number of ether oxygens (including phenoxy) is 5. The highest BCUT2D eigenvalue weighted by Gasteiger charge is 2.34. The molecule has 0 unspecified atom stereocenters. The number of nitrogens with zero attached hydrogens (tertiary/aromatic N) is 1. The van der Waals surface area contributed by atoms with Crippen LogP contribution in [0.25, 0.3) is 0 Å². The highest BCUT2D eigenvalue weighted by molar-refractivity contribution is 5.70. The van der Waals surface area contributed by atoms with Gasteiger partial charge in [0.1, 0.15) is 0 Å². The number of carbonyl (C=O) groups is 1. The quantitative estimate of drug-likeness (QED) is 0.783. The Bertz CT molecular complexity index is 866. The summed E-state index contributed by atoms with van der Waals surface area (Å²) in [4.78, 5) is 14.2. The molecule has 28 heavy (non-hydrogen) atoms. The van der Waals surface area contributed by atoms with E-state index in [-0.39, 0.29) is 12.1 Å². The molecule has 1 amide bonds. The molecular weight excluding hydrogens is 362 g/mol. The van der Waals surface area contributed by atoms with E-state index < -0.39 is 0 Å². The number of benzene rings is 2. The van der Waals surface area contributed by atoms with Crippen LogP contribution in [0.3, 0.4) is 0 Å². The molecule has 1 atom stereocenters. The molecule has 1 aliphatic heterocycles. The molecule has 0 spiro atoms. The molecule has 0 N–H and O–H groups in total. The summed E-state index contributed by atoms with van der Waals surface area (Å²) in [5.41, 5.74) is 2.94. The predicted octanol–water partition coefficient (Wildman–Crippen LogP) is 3.43. The summed E-state index contributed by atoms with van der Waals surface area (Å²) in [5.74, 6) is 2.49. The molecule has 7 heteroatoms. The first-order chi connectivity index (χ1) is 13.6. The molecule has 0 saturated heterocycles. The summed E-state index contributed by atoms with van der Waals surface area (Å²) in [7, 11) is 7.77. The number of carbonyl (C=O) groups excluding carboxylic acids is 1. The van der Waals surface area contributed by atoms with Crippen molar-refractivity contribution in [3.05, 3.63) is 47.0 Å². The molecule has 1 aliphatic rings. The van der Waals surface area contributed by atoms with Gasteiger partial charge in [0.25, 0.3) is 0 Å². The lowest BCUT2D eigenvalue weighted by molar-refractivity contribution is 0.109. The Balaban J connectivity index is 2.18. The summed E-state index contributed by atoms with van der Waals surface area (Å²) < 4.78 is 26.8. The van der Waals surface area contributed by atoms with E-state index in [4.69, 9.17) is 23.7 Å². The van der Waals surface area contributed by atoms with Crippen LogP contribution in [0, 0.1) is 0 Å². The van der Waals surface area contributed by atoms with Crippen molar-refractivity contribution >= 4 is 6.09 Å². The SMILES string of the molecule is COC(=O)N1CCc2cc(OC)c(OC)cc2[C@H]1c1ccc(OC)c(OC)c1. The summed E-state index contributed by atoms with van der Waals surface area (Å²) in [6.45, 7) is 0.522. The van der Waals surface area contributed by atoms with E-state index in [9.17, 15) is 4.79 Å². The lowest BCUT2D eigenvalue weighted by Crippen LogP contribution is -2.40. The Morgan fingerprint density at radius 1 is 0.857 bits per heavy atom. The Morgan fingerprint density at radius 3 is 2.07 bits per heavy atom. The minimum atomic E-state index is -0.389. The van der Waals surface area contributed by atoms with Crippen LogP contribution in [0.5, 0.6) is 23.0 Å². The highest BCUT2D eigenvalue weighted by Crippen LogP contribution is 2.42. The second-order valence-electron chi connectivity index (χ2n) is 6.34. The zero-order valence-corrected chi connectivity index (χ0v) is 16.8. The first kappa shape index (κ1) is 19.7. The maximum Gasteiger partial charge on any atom is 0.410 e. The van der Waals surface area contributed by atoms with Crippen molar-refractivity contribution in [2.75, 3.05) is 42.1 Å². The van der Waals surface area contributed by atoms with Gasteiger partial charge in [0.05, 0.1) is 41.6 Å². The Labute approximate surface area is 164 Å². The van der Waals surface area contributed by atoms with Crippen molar-refractivity contribution < 1.29 is 28.5 Å². The van der Waals surface area contributed by atoms with Gasteiger partial charge in [-0.15, -0.1) is 0 Å². The number of amides is 1. The molecule has 3 rings (SSSR count). The van der Waals surface area contributed by atoms with E-state index in [0.717, 1.165) is 16.7 Å². The normalized spacial score (nSPS) is 15.5. The van der Waals surface area contributed by atoms with Crippen molar-refractivity contribution in [2.24, 2.45) is 0 Å². The summed E-state index contributed by atoms with van der Waals surface area (Å²) in [6.07, 6.45) is 0.300. The second kappa shape index (κ2) is 8.29. The van der Waals surface area contributed by atoms with E-state index in [0.29, 0.717) is 36.0 Å². The van der Waals surface area contributed by atoms with Gasteiger partial charge in [-0.05, 0) is 47.4 Å². The first-order valence-electron chi connectivity index (χ1n) is 8.89.